The summed E-state index contributed by atoms with van der Waals surface area (Å²) in [6.45, 7) is 0.389. The normalized spacial score (nSPS) is 12.5. The molecule has 0 aliphatic heterocycles. The summed E-state index contributed by atoms with van der Waals surface area (Å²) < 4.78 is 46.4. The van der Waals surface area contributed by atoms with E-state index < -0.39 is 15.8 Å². The lowest BCUT2D eigenvalue weighted by atomic mass is 10.2. The van der Waals surface area contributed by atoms with Crippen molar-refractivity contribution >= 4 is 15.8 Å². The molecule has 0 radical (unpaired) electrons. The van der Waals surface area contributed by atoms with Gasteiger partial charge in [0, 0.05) is 30.1 Å². The molecule has 0 saturated heterocycles. The number of nitrogens with one attached hydrogen (secondary N) is 2. The topological polar surface area (TPSA) is 138 Å². The predicted molar refractivity (Wildman–Crippen MR) is 115 cm³/mol. The minimum Gasteiger partial charge on any atom is -0.496 e. The number of hydrogen-bond donors (Lipinski definition) is 2. The van der Waals surface area contributed by atoms with Gasteiger partial charge in [-0.1, -0.05) is 0 Å². The molecule has 2 N–H and O–H groups in total. The van der Waals surface area contributed by atoms with E-state index in [1.165, 1.54) is 46.6 Å². The van der Waals surface area contributed by atoms with Crippen LogP contribution in [0.4, 0.5) is 0 Å². The Hall–Kier alpha value is -3.80. The third-order valence-corrected chi connectivity index (χ3v) is 5.90. The summed E-state index contributed by atoms with van der Waals surface area (Å²) in [6, 6.07) is 7.79. The third-order valence-electron chi connectivity index (χ3n) is 4.45. The van der Waals surface area contributed by atoms with Crippen LogP contribution in [0.1, 0.15) is 16.1 Å². The van der Waals surface area contributed by atoms with Crippen LogP contribution in [-0.2, 0) is 16.5 Å². The minimum absolute atomic E-state index is 0.0709. The standard InChI is InChI=1S/C20H23N5O6S/c1-28-14-10-16(29-2)18(17(11-14)30-3)32(21,27)24-19(26)15-7-6-13(20(23-15)31-4)12-25-9-5-8-22-25/h5-11H,12H2,1-4H3,(H2,21,24,26,27). The zero-order valence-corrected chi connectivity index (χ0v) is 18.8. The zero-order valence-electron chi connectivity index (χ0n) is 17.9. The number of hydrogen-bond acceptors (Lipinski definition) is 9. The van der Waals surface area contributed by atoms with Crippen LogP contribution in [0.2, 0.25) is 0 Å². The Morgan fingerprint density at radius 2 is 1.78 bits per heavy atom. The van der Waals surface area contributed by atoms with E-state index in [-0.39, 0.29) is 28.0 Å². The smallest absolute Gasteiger partial charge is 0.282 e. The van der Waals surface area contributed by atoms with Gasteiger partial charge in [-0.2, -0.15) is 5.10 Å². The number of amides is 1. The number of benzene rings is 1. The zero-order chi connectivity index (χ0) is 23.3. The first-order valence-corrected chi connectivity index (χ1v) is 10.8. The molecule has 0 spiro atoms. The van der Waals surface area contributed by atoms with Crippen molar-refractivity contribution in [3.8, 4) is 23.1 Å². The molecule has 32 heavy (non-hydrogen) atoms. The molecule has 3 aromatic rings. The highest BCUT2D eigenvalue weighted by molar-refractivity contribution is 7.91. The number of pyridine rings is 1. The fourth-order valence-electron chi connectivity index (χ4n) is 2.95. The Labute approximate surface area is 185 Å². The highest BCUT2D eigenvalue weighted by atomic mass is 32.2. The van der Waals surface area contributed by atoms with Crippen LogP contribution < -0.4 is 23.7 Å². The number of rotatable bonds is 9. The Kier molecular flexibility index (Phi) is 6.83. The predicted octanol–water partition coefficient (Wildman–Crippen LogP) is 2.11. The molecule has 0 fully saturated rings. The molecule has 11 nitrogen and oxygen atoms in total. The van der Waals surface area contributed by atoms with Crippen molar-refractivity contribution in [3.63, 3.8) is 0 Å². The van der Waals surface area contributed by atoms with Gasteiger partial charge in [-0.25, -0.2) is 14.0 Å². The van der Waals surface area contributed by atoms with E-state index in [1.807, 2.05) is 0 Å². The summed E-state index contributed by atoms with van der Waals surface area (Å²) in [5.41, 5.74) is 0.621. The summed E-state index contributed by atoms with van der Waals surface area (Å²) >= 11 is 0. The average molecular weight is 462 g/mol. The second-order valence-corrected chi connectivity index (χ2v) is 8.14. The molecule has 0 aliphatic carbocycles. The van der Waals surface area contributed by atoms with Crippen molar-refractivity contribution in [1.29, 1.82) is 4.78 Å². The van der Waals surface area contributed by atoms with E-state index in [4.69, 9.17) is 23.7 Å². The molecule has 0 bridgehead atoms. The summed E-state index contributed by atoms with van der Waals surface area (Å²) in [5, 5.41) is 4.13. The van der Waals surface area contributed by atoms with E-state index in [1.54, 1.807) is 29.2 Å². The summed E-state index contributed by atoms with van der Waals surface area (Å²) in [6.07, 6.45) is 3.43. The van der Waals surface area contributed by atoms with Gasteiger partial charge < -0.3 is 18.9 Å². The van der Waals surface area contributed by atoms with Crippen LogP contribution in [-0.4, -0.2) is 53.3 Å². The molecule has 1 unspecified atom stereocenters. The van der Waals surface area contributed by atoms with Gasteiger partial charge in [0.15, 0.2) is 14.8 Å². The van der Waals surface area contributed by atoms with Crippen LogP contribution >= 0.6 is 0 Å². The van der Waals surface area contributed by atoms with E-state index in [0.717, 1.165) is 0 Å². The second-order valence-electron chi connectivity index (χ2n) is 6.42. The Balaban J connectivity index is 1.91. The number of carbonyl (C=O) groups is 1. The number of aromatic nitrogens is 3. The minimum atomic E-state index is -3.89. The molecule has 3 rings (SSSR count). The summed E-state index contributed by atoms with van der Waals surface area (Å²) in [7, 11) is 1.68. The Morgan fingerprint density at radius 3 is 2.31 bits per heavy atom. The monoisotopic (exact) mass is 461 g/mol. The number of ether oxygens (including phenoxy) is 4. The molecular weight excluding hydrogens is 438 g/mol. The van der Waals surface area contributed by atoms with Gasteiger partial charge in [0.25, 0.3) is 5.91 Å². The second kappa shape index (κ2) is 9.56. The maximum atomic E-state index is 13.2. The van der Waals surface area contributed by atoms with E-state index in [2.05, 4.69) is 14.8 Å². The lowest BCUT2D eigenvalue weighted by Gasteiger charge is -2.17. The van der Waals surface area contributed by atoms with Gasteiger partial charge in [0.05, 0.1) is 35.0 Å². The molecule has 12 heteroatoms. The van der Waals surface area contributed by atoms with Crippen molar-refractivity contribution < 1.29 is 28.0 Å². The lowest BCUT2D eigenvalue weighted by molar-refractivity contribution is 0.0976. The van der Waals surface area contributed by atoms with Gasteiger partial charge in [-0.3, -0.25) is 14.2 Å². The van der Waals surface area contributed by atoms with Crippen LogP contribution in [0.25, 0.3) is 0 Å². The molecule has 0 aliphatic rings. The van der Waals surface area contributed by atoms with Gasteiger partial charge in [-0.05, 0) is 18.2 Å². The van der Waals surface area contributed by atoms with Crippen molar-refractivity contribution in [2.24, 2.45) is 0 Å². The first-order valence-electron chi connectivity index (χ1n) is 9.25. The van der Waals surface area contributed by atoms with Gasteiger partial charge >= 0.3 is 0 Å². The average Bonchev–Trinajstić information content (AvgIpc) is 3.30. The van der Waals surface area contributed by atoms with Gasteiger partial charge in [0.2, 0.25) is 5.88 Å². The molecule has 2 heterocycles. The molecule has 1 amide bonds. The van der Waals surface area contributed by atoms with Crippen LogP contribution in [0.3, 0.4) is 0 Å². The molecule has 2 aromatic heterocycles. The maximum Gasteiger partial charge on any atom is 0.282 e. The fraction of sp³-hybridized carbons (Fsp3) is 0.250. The highest BCUT2D eigenvalue weighted by Crippen LogP contribution is 2.37. The fourth-order valence-corrected chi connectivity index (χ4v) is 4.27. The number of nitrogens with zero attached hydrogens (tertiary/aromatic N) is 3. The Bertz CT molecular complexity index is 1190. The van der Waals surface area contributed by atoms with E-state index in [0.29, 0.717) is 17.9 Å². The lowest BCUT2D eigenvalue weighted by Crippen LogP contribution is -2.31. The summed E-state index contributed by atoms with van der Waals surface area (Å²) in [5.74, 6) is -0.0931. The molecule has 0 saturated carbocycles. The molecular formula is C20H23N5O6S. The molecule has 1 atom stereocenters. The number of carbonyl (C=O) groups excluding carboxylic acids is 1. The largest absolute Gasteiger partial charge is 0.496 e. The van der Waals surface area contributed by atoms with Crippen LogP contribution in [0.15, 0.2) is 47.6 Å². The quantitative estimate of drug-likeness (QED) is 0.494. The van der Waals surface area contributed by atoms with Gasteiger partial charge in [-0.15, -0.1) is 0 Å². The first kappa shape index (κ1) is 22.9. The van der Waals surface area contributed by atoms with E-state index in [9.17, 15) is 9.00 Å². The molecule has 170 valence electrons. The van der Waals surface area contributed by atoms with Crippen LogP contribution in [0.5, 0.6) is 23.1 Å². The van der Waals surface area contributed by atoms with Crippen molar-refractivity contribution in [1.82, 2.24) is 19.5 Å². The summed E-state index contributed by atoms with van der Waals surface area (Å²) in [4.78, 5) is 16.9. The van der Waals surface area contributed by atoms with Crippen molar-refractivity contribution in [2.75, 3.05) is 28.4 Å². The van der Waals surface area contributed by atoms with Crippen molar-refractivity contribution in [2.45, 2.75) is 11.4 Å². The van der Waals surface area contributed by atoms with E-state index >= 15 is 0 Å². The van der Waals surface area contributed by atoms with Gasteiger partial charge in [0.1, 0.15) is 22.9 Å². The Morgan fingerprint density at radius 1 is 1.09 bits per heavy atom. The molecule has 1 aromatic carbocycles. The van der Waals surface area contributed by atoms with Crippen molar-refractivity contribution in [3.05, 3.63) is 54.0 Å². The van der Waals surface area contributed by atoms with Crippen LogP contribution in [0, 0.1) is 4.78 Å². The maximum absolute atomic E-state index is 13.2. The SMILES string of the molecule is COc1cc(OC)c(S(=N)(=O)NC(=O)c2ccc(Cn3cccn3)c(OC)n2)c(OC)c1. The highest BCUT2D eigenvalue weighted by Gasteiger charge is 2.26. The third kappa shape index (κ3) is 4.75. The number of methoxy groups -OCH3 is 4. The first-order chi connectivity index (χ1) is 15.3.